The van der Waals surface area contributed by atoms with Gasteiger partial charge in [-0.15, -0.1) is 0 Å². The number of ether oxygens (including phenoxy) is 2. The fraction of sp³-hybridized carbons (Fsp3) is 0.647. The third-order valence-corrected chi connectivity index (χ3v) is 10.2. The van der Waals surface area contributed by atoms with Crippen LogP contribution in [-0.2, 0) is 20.8 Å². The zero-order valence-corrected chi connectivity index (χ0v) is 27.7. The van der Waals surface area contributed by atoms with E-state index in [1.165, 1.54) is 5.39 Å². The summed E-state index contributed by atoms with van der Waals surface area (Å²) in [5.74, 6) is -0.147. The summed E-state index contributed by atoms with van der Waals surface area (Å²) < 4.78 is 53.4. The van der Waals surface area contributed by atoms with Crippen LogP contribution in [0, 0.1) is 11.8 Å². The molecule has 1 spiro atoms. The van der Waals surface area contributed by atoms with Crippen molar-refractivity contribution in [2.24, 2.45) is 16.8 Å². The van der Waals surface area contributed by atoms with Crippen molar-refractivity contribution < 1.29 is 32.5 Å². The Morgan fingerprint density at radius 3 is 2.59 bits per heavy atom. The highest BCUT2D eigenvalue weighted by molar-refractivity contribution is 8.00. The Kier molecular flexibility index (Phi) is 11.6. The highest BCUT2D eigenvalue weighted by Gasteiger charge is 2.47. The first-order chi connectivity index (χ1) is 21.9. The van der Waals surface area contributed by atoms with Gasteiger partial charge in [0.05, 0.1) is 13.2 Å². The number of benzene rings is 1. The van der Waals surface area contributed by atoms with Gasteiger partial charge in [-0.25, -0.2) is 4.31 Å². The maximum atomic E-state index is 13.1. The van der Waals surface area contributed by atoms with E-state index in [1.54, 1.807) is 25.8 Å². The Labute approximate surface area is 273 Å². The topological polar surface area (TPSA) is 88.3 Å². The average molecular weight is 665 g/mol. The van der Waals surface area contributed by atoms with Crippen molar-refractivity contribution in [3.05, 3.63) is 41.4 Å². The highest BCUT2D eigenvalue weighted by atomic mass is 32.2. The van der Waals surface area contributed by atoms with Gasteiger partial charge in [0, 0.05) is 55.7 Å². The summed E-state index contributed by atoms with van der Waals surface area (Å²) in [5, 5.41) is 15.9. The molecule has 1 saturated heterocycles. The molecule has 2 aromatic rings. The number of amides is 1. The molecule has 8 nitrogen and oxygen atoms in total. The SMILES string of the molecule is CC(C)(O)OCCCOCCn1ccc2c(/C=C/SN3CCC4(CC3)N=C(C3CCC(CCC(F)(F)F)CC3)NC4=O)cccc21. The Morgan fingerprint density at radius 2 is 1.87 bits per heavy atom. The van der Waals surface area contributed by atoms with Crippen LogP contribution in [-0.4, -0.2) is 76.1 Å². The predicted molar refractivity (Wildman–Crippen MR) is 176 cm³/mol. The van der Waals surface area contributed by atoms with E-state index in [0.717, 1.165) is 68.7 Å². The second-order valence-electron chi connectivity index (χ2n) is 13.2. The number of aliphatic imine (C=N–C) groups is 1. The van der Waals surface area contributed by atoms with Crippen LogP contribution in [0.25, 0.3) is 17.0 Å². The summed E-state index contributed by atoms with van der Waals surface area (Å²) in [5.41, 5.74) is 1.57. The van der Waals surface area contributed by atoms with E-state index in [1.807, 2.05) is 0 Å². The zero-order valence-electron chi connectivity index (χ0n) is 26.9. The molecule has 0 bridgehead atoms. The lowest BCUT2D eigenvalue weighted by atomic mass is 9.79. The Bertz CT molecular complexity index is 1370. The summed E-state index contributed by atoms with van der Waals surface area (Å²) in [6, 6.07) is 8.41. The molecule has 1 aromatic heterocycles. The number of carbonyl (C=O) groups is 1. The summed E-state index contributed by atoms with van der Waals surface area (Å²) in [6.07, 6.45) is 4.72. The van der Waals surface area contributed by atoms with Crippen molar-refractivity contribution in [3.63, 3.8) is 0 Å². The molecule has 3 heterocycles. The van der Waals surface area contributed by atoms with Gasteiger partial charge in [0.2, 0.25) is 0 Å². The van der Waals surface area contributed by atoms with Crippen molar-refractivity contribution in [2.45, 2.75) is 95.7 Å². The van der Waals surface area contributed by atoms with E-state index < -0.39 is 23.9 Å². The Hall–Kier alpha value is -2.38. The lowest BCUT2D eigenvalue weighted by molar-refractivity contribution is -0.177. The minimum atomic E-state index is -4.09. The number of aliphatic hydroxyl groups is 1. The third-order valence-electron chi connectivity index (χ3n) is 9.29. The molecule has 0 unspecified atom stereocenters. The monoisotopic (exact) mass is 664 g/mol. The number of rotatable bonds is 14. The van der Waals surface area contributed by atoms with Gasteiger partial charge in [0.15, 0.2) is 5.79 Å². The molecular formula is C34H47F3N4O4S. The second-order valence-corrected chi connectivity index (χ2v) is 14.2. The van der Waals surface area contributed by atoms with Crippen molar-refractivity contribution in [1.29, 1.82) is 0 Å². The molecule has 2 aliphatic heterocycles. The fourth-order valence-electron chi connectivity index (χ4n) is 6.65. The highest BCUT2D eigenvalue weighted by Crippen LogP contribution is 2.39. The maximum absolute atomic E-state index is 13.1. The largest absolute Gasteiger partial charge is 0.389 e. The summed E-state index contributed by atoms with van der Waals surface area (Å²) >= 11 is 1.65. The van der Waals surface area contributed by atoms with E-state index in [-0.39, 0.29) is 24.2 Å². The Balaban J connectivity index is 1.06. The molecule has 1 aliphatic carbocycles. The first kappa shape index (κ1) is 34.9. The van der Waals surface area contributed by atoms with Gasteiger partial charge in [-0.3, -0.25) is 9.79 Å². The van der Waals surface area contributed by atoms with Crippen LogP contribution in [0.3, 0.4) is 0 Å². The average Bonchev–Trinajstić information content (AvgIpc) is 3.57. The molecule has 0 radical (unpaired) electrons. The number of amidine groups is 1. The minimum Gasteiger partial charge on any atom is -0.380 e. The standard InChI is InChI=1S/C34H47F3N4O4S/c1-32(2,43)45-22-4-21-44-23-20-40-17-12-28-26(5-3-6-29(28)40)13-24-46-41-18-15-33(16-19-41)31(42)38-30(39-33)27-9-7-25(8-10-27)11-14-34(35,36)37/h3,5-6,12-13,17,24-25,27,43H,4,7-11,14-16,18-23H2,1-2H3,(H,38,39,42)/b24-13+. The quantitative estimate of drug-likeness (QED) is 0.130. The molecule has 2 N–H and O–H groups in total. The minimum absolute atomic E-state index is 0.0248. The van der Waals surface area contributed by atoms with Crippen LogP contribution < -0.4 is 5.32 Å². The first-order valence-corrected chi connectivity index (χ1v) is 17.3. The molecular weight excluding hydrogens is 617 g/mol. The maximum Gasteiger partial charge on any atom is 0.389 e. The second kappa shape index (κ2) is 15.2. The molecule has 1 amide bonds. The van der Waals surface area contributed by atoms with Crippen molar-refractivity contribution in [2.75, 3.05) is 32.9 Å². The third kappa shape index (κ3) is 9.59. The summed E-state index contributed by atoms with van der Waals surface area (Å²) in [4.78, 5) is 18.0. The van der Waals surface area contributed by atoms with Crippen molar-refractivity contribution >= 4 is 40.7 Å². The molecule has 12 heteroatoms. The number of fused-ring (bicyclic) bond motifs is 1. The van der Waals surface area contributed by atoms with E-state index >= 15 is 0 Å². The number of aromatic nitrogens is 1. The number of halogens is 3. The number of alkyl halides is 3. The van der Waals surface area contributed by atoms with E-state index in [9.17, 15) is 23.1 Å². The van der Waals surface area contributed by atoms with Crippen molar-refractivity contribution in [3.8, 4) is 0 Å². The lowest BCUT2D eigenvalue weighted by Crippen LogP contribution is -2.47. The van der Waals surface area contributed by atoms with Gasteiger partial charge in [-0.2, -0.15) is 13.2 Å². The number of nitrogens with one attached hydrogen (secondary N) is 1. The van der Waals surface area contributed by atoms with Gasteiger partial charge >= 0.3 is 6.18 Å². The summed E-state index contributed by atoms with van der Waals surface area (Å²) in [6.45, 7) is 7.09. The smallest absolute Gasteiger partial charge is 0.380 e. The number of hydrogen-bond acceptors (Lipinski definition) is 7. The molecule has 254 valence electrons. The van der Waals surface area contributed by atoms with Gasteiger partial charge < -0.3 is 24.5 Å². The summed E-state index contributed by atoms with van der Waals surface area (Å²) in [7, 11) is 0. The van der Waals surface area contributed by atoms with Crippen molar-refractivity contribution in [1.82, 2.24) is 14.2 Å². The van der Waals surface area contributed by atoms with Crippen LogP contribution in [0.1, 0.15) is 77.2 Å². The molecule has 46 heavy (non-hydrogen) atoms. The van der Waals surface area contributed by atoms with E-state index in [0.29, 0.717) is 32.7 Å². The van der Waals surface area contributed by atoms with Crippen LogP contribution in [0.2, 0.25) is 0 Å². The van der Waals surface area contributed by atoms with Crippen LogP contribution in [0.15, 0.2) is 40.9 Å². The van der Waals surface area contributed by atoms with Gasteiger partial charge in [0.1, 0.15) is 11.4 Å². The number of piperidine rings is 1. The number of carbonyl (C=O) groups excluding carboxylic acids is 1. The zero-order chi connectivity index (χ0) is 32.8. The molecule has 5 rings (SSSR count). The van der Waals surface area contributed by atoms with Gasteiger partial charge in [-0.1, -0.05) is 24.1 Å². The molecule has 1 aromatic carbocycles. The van der Waals surface area contributed by atoms with Crippen LogP contribution >= 0.6 is 11.9 Å². The van der Waals surface area contributed by atoms with Gasteiger partial charge in [0.25, 0.3) is 5.91 Å². The number of hydrogen-bond donors (Lipinski definition) is 2. The predicted octanol–water partition coefficient (Wildman–Crippen LogP) is 6.92. The first-order valence-electron chi connectivity index (χ1n) is 16.5. The van der Waals surface area contributed by atoms with E-state index in [2.05, 4.69) is 56.1 Å². The number of nitrogens with zero attached hydrogens (tertiary/aromatic N) is 3. The fourth-order valence-corrected chi connectivity index (χ4v) is 7.43. The van der Waals surface area contributed by atoms with Crippen LogP contribution in [0.5, 0.6) is 0 Å². The lowest BCUT2D eigenvalue weighted by Gasteiger charge is -2.34. The Morgan fingerprint density at radius 1 is 1.11 bits per heavy atom. The molecule has 3 aliphatic rings. The van der Waals surface area contributed by atoms with Crippen LogP contribution in [0.4, 0.5) is 13.2 Å². The normalized spacial score (nSPS) is 22.7. The molecule has 2 fully saturated rings. The van der Waals surface area contributed by atoms with E-state index in [4.69, 9.17) is 14.5 Å². The molecule has 1 saturated carbocycles. The van der Waals surface area contributed by atoms with Gasteiger partial charge in [-0.05, 0) is 100 Å². The molecule has 0 atom stereocenters.